The van der Waals surface area contributed by atoms with E-state index in [4.69, 9.17) is 10.5 Å². The molecule has 0 saturated heterocycles. The molecule has 0 saturated carbocycles. The van der Waals surface area contributed by atoms with Crippen LogP contribution in [0.2, 0.25) is 0 Å². The van der Waals surface area contributed by atoms with Crippen LogP contribution in [0, 0.1) is 0 Å². The van der Waals surface area contributed by atoms with Crippen LogP contribution in [0.25, 0.3) is 0 Å². The molecule has 0 aliphatic rings. The molecule has 1 rings (SSSR count). The van der Waals surface area contributed by atoms with E-state index in [1.54, 1.807) is 26.8 Å². The van der Waals surface area contributed by atoms with Gasteiger partial charge in [-0.25, -0.2) is 8.42 Å². The Kier molecular flexibility index (Phi) is 5.01. The van der Waals surface area contributed by atoms with E-state index in [1.807, 2.05) is 0 Å². The highest BCUT2D eigenvalue weighted by Gasteiger charge is 2.30. The average molecular weight is 302 g/mol. The summed E-state index contributed by atoms with van der Waals surface area (Å²) < 4.78 is 31.6. The van der Waals surface area contributed by atoms with Crippen LogP contribution in [0.4, 0.5) is 5.69 Å². The summed E-state index contributed by atoms with van der Waals surface area (Å²) >= 11 is 0. The maximum Gasteiger partial charge on any atom is 0.246 e. The van der Waals surface area contributed by atoms with Crippen molar-refractivity contribution in [3.05, 3.63) is 18.2 Å². The van der Waals surface area contributed by atoms with E-state index in [0.29, 0.717) is 5.69 Å². The molecule has 114 valence electrons. The van der Waals surface area contributed by atoms with Gasteiger partial charge in [0.05, 0.1) is 12.7 Å². The fraction of sp³-hybridized carbons (Fsp3) is 0.538. The summed E-state index contributed by atoms with van der Waals surface area (Å²) in [7, 11) is -2.38. The Morgan fingerprint density at radius 1 is 1.40 bits per heavy atom. The van der Waals surface area contributed by atoms with Gasteiger partial charge in [-0.05, 0) is 32.0 Å². The molecule has 3 N–H and O–H groups in total. The van der Waals surface area contributed by atoms with Crippen molar-refractivity contribution < 1.29 is 18.3 Å². The van der Waals surface area contributed by atoms with Crippen molar-refractivity contribution in [1.29, 1.82) is 0 Å². The topological polar surface area (TPSA) is 92.9 Å². The third-order valence-electron chi connectivity index (χ3n) is 2.72. The van der Waals surface area contributed by atoms with Gasteiger partial charge >= 0.3 is 0 Å². The molecular formula is C13H22N2O4S. The number of benzene rings is 1. The zero-order valence-electron chi connectivity index (χ0n) is 12.3. The van der Waals surface area contributed by atoms with Gasteiger partial charge < -0.3 is 15.6 Å². The van der Waals surface area contributed by atoms with Crippen LogP contribution < -0.4 is 10.5 Å². The number of likely N-dealkylation sites (N-methyl/N-ethyl adjacent to an activating group) is 1. The molecule has 0 amide bonds. The molecule has 6 nitrogen and oxygen atoms in total. The van der Waals surface area contributed by atoms with E-state index >= 15 is 0 Å². The standard InChI is InChI=1S/C13H22N2O4S/c1-5-15(9-13(2,3)16)20(17,18)12-8-10(14)6-7-11(12)19-4/h6-8,16H,5,9,14H2,1-4H3. The summed E-state index contributed by atoms with van der Waals surface area (Å²) in [5, 5.41) is 9.85. The van der Waals surface area contributed by atoms with Crippen LogP contribution in [-0.4, -0.2) is 43.6 Å². The Morgan fingerprint density at radius 3 is 2.45 bits per heavy atom. The minimum atomic E-state index is -3.78. The summed E-state index contributed by atoms with van der Waals surface area (Å²) in [4.78, 5) is 0.00565. The van der Waals surface area contributed by atoms with Gasteiger partial charge in [0, 0.05) is 18.8 Å². The lowest BCUT2D eigenvalue weighted by Gasteiger charge is -2.28. The second kappa shape index (κ2) is 5.99. The second-order valence-corrected chi connectivity index (χ2v) is 7.06. The summed E-state index contributed by atoms with van der Waals surface area (Å²) in [6.07, 6.45) is 0. The molecule has 0 atom stereocenters. The third-order valence-corrected chi connectivity index (χ3v) is 4.66. The summed E-state index contributed by atoms with van der Waals surface area (Å²) in [6, 6.07) is 4.45. The van der Waals surface area contributed by atoms with Crippen molar-refractivity contribution >= 4 is 15.7 Å². The number of hydrogen-bond acceptors (Lipinski definition) is 5. The van der Waals surface area contributed by atoms with Crippen LogP contribution in [-0.2, 0) is 10.0 Å². The number of nitrogens with two attached hydrogens (primary N) is 1. The van der Waals surface area contributed by atoms with Gasteiger partial charge in [0.15, 0.2) is 0 Å². The van der Waals surface area contributed by atoms with Gasteiger partial charge in [0.25, 0.3) is 0 Å². The first-order valence-electron chi connectivity index (χ1n) is 6.28. The molecule has 0 unspecified atom stereocenters. The van der Waals surface area contributed by atoms with Crippen molar-refractivity contribution in [2.24, 2.45) is 0 Å². The maximum absolute atomic E-state index is 12.7. The Morgan fingerprint density at radius 2 is 2.00 bits per heavy atom. The molecular weight excluding hydrogens is 280 g/mol. The number of methoxy groups -OCH3 is 1. The van der Waals surface area contributed by atoms with E-state index in [2.05, 4.69) is 0 Å². The lowest BCUT2D eigenvalue weighted by atomic mass is 10.1. The van der Waals surface area contributed by atoms with Crippen molar-refractivity contribution in [3.63, 3.8) is 0 Å². The summed E-state index contributed by atoms with van der Waals surface area (Å²) in [5.74, 6) is 0.230. The van der Waals surface area contributed by atoms with Gasteiger partial charge in [-0.2, -0.15) is 4.31 Å². The quantitative estimate of drug-likeness (QED) is 0.766. The highest BCUT2D eigenvalue weighted by molar-refractivity contribution is 7.89. The van der Waals surface area contributed by atoms with Gasteiger partial charge in [-0.15, -0.1) is 0 Å². The van der Waals surface area contributed by atoms with Gasteiger partial charge in [0.2, 0.25) is 10.0 Å². The monoisotopic (exact) mass is 302 g/mol. The van der Waals surface area contributed by atoms with E-state index < -0.39 is 15.6 Å². The predicted octanol–water partition coefficient (Wildman–Crippen LogP) is 1.06. The molecule has 0 spiro atoms. The van der Waals surface area contributed by atoms with E-state index in [0.717, 1.165) is 0 Å². The molecule has 1 aromatic rings. The molecule has 0 radical (unpaired) electrons. The average Bonchev–Trinajstić information content (AvgIpc) is 2.34. The Balaban J connectivity index is 3.30. The molecule has 7 heteroatoms. The van der Waals surface area contributed by atoms with Crippen molar-refractivity contribution in [2.45, 2.75) is 31.3 Å². The number of rotatable bonds is 6. The molecule has 0 aliphatic carbocycles. The number of aliphatic hydroxyl groups is 1. The highest BCUT2D eigenvalue weighted by atomic mass is 32.2. The number of sulfonamides is 1. The number of nitrogen functional groups attached to an aromatic ring is 1. The largest absolute Gasteiger partial charge is 0.495 e. The van der Waals surface area contributed by atoms with Crippen LogP contribution >= 0.6 is 0 Å². The first-order valence-corrected chi connectivity index (χ1v) is 7.72. The van der Waals surface area contributed by atoms with E-state index in [-0.39, 0.29) is 23.7 Å². The predicted molar refractivity (Wildman–Crippen MR) is 78.1 cm³/mol. The summed E-state index contributed by atoms with van der Waals surface area (Å²) in [5.41, 5.74) is 4.87. The van der Waals surface area contributed by atoms with Crippen molar-refractivity contribution in [3.8, 4) is 5.75 Å². The Bertz CT molecular complexity index is 564. The van der Waals surface area contributed by atoms with Crippen molar-refractivity contribution in [2.75, 3.05) is 25.9 Å². The third kappa shape index (κ3) is 3.84. The molecule has 0 aromatic heterocycles. The second-order valence-electron chi connectivity index (χ2n) is 5.15. The normalized spacial score (nSPS) is 12.7. The lowest BCUT2D eigenvalue weighted by Crippen LogP contribution is -2.42. The van der Waals surface area contributed by atoms with Crippen LogP contribution in [0.1, 0.15) is 20.8 Å². The van der Waals surface area contributed by atoms with Crippen LogP contribution in [0.3, 0.4) is 0 Å². The van der Waals surface area contributed by atoms with Gasteiger partial charge in [-0.1, -0.05) is 6.92 Å². The Labute approximate surface area is 120 Å². The SMILES string of the molecule is CCN(CC(C)(C)O)S(=O)(=O)c1cc(N)ccc1OC. The first-order chi connectivity index (χ1) is 9.11. The smallest absolute Gasteiger partial charge is 0.246 e. The van der Waals surface area contributed by atoms with Gasteiger partial charge in [-0.3, -0.25) is 0 Å². The van der Waals surface area contributed by atoms with Crippen LogP contribution in [0.5, 0.6) is 5.75 Å². The Hall–Kier alpha value is -1.31. The molecule has 0 fully saturated rings. The fourth-order valence-corrected chi connectivity index (χ4v) is 3.63. The number of nitrogens with zero attached hydrogens (tertiary/aromatic N) is 1. The van der Waals surface area contributed by atoms with Crippen molar-refractivity contribution in [1.82, 2.24) is 4.31 Å². The molecule has 20 heavy (non-hydrogen) atoms. The molecule has 0 aliphatic heterocycles. The zero-order chi connectivity index (χ0) is 15.6. The number of hydrogen-bond donors (Lipinski definition) is 2. The molecule has 1 aromatic carbocycles. The number of anilines is 1. The number of ether oxygens (including phenoxy) is 1. The zero-order valence-corrected chi connectivity index (χ0v) is 13.1. The van der Waals surface area contributed by atoms with E-state index in [1.165, 1.54) is 23.5 Å². The van der Waals surface area contributed by atoms with Gasteiger partial charge in [0.1, 0.15) is 10.6 Å². The maximum atomic E-state index is 12.7. The fourth-order valence-electron chi connectivity index (χ4n) is 1.83. The van der Waals surface area contributed by atoms with E-state index in [9.17, 15) is 13.5 Å². The molecule has 0 bridgehead atoms. The first kappa shape index (κ1) is 16.7. The summed E-state index contributed by atoms with van der Waals surface area (Å²) in [6.45, 7) is 5.06. The minimum absolute atomic E-state index is 0.00565. The molecule has 0 heterocycles. The minimum Gasteiger partial charge on any atom is -0.495 e. The van der Waals surface area contributed by atoms with Crippen LogP contribution in [0.15, 0.2) is 23.1 Å². The highest BCUT2D eigenvalue weighted by Crippen LogP contribution is 2.29. The lowest BCUT2D eigenvalue weighted by molar-refractivity contribution is 0.0601.